The van der Waals surface area contributed by atoms with E-state index in [0.717, 1.165) is 12.8 Å². The third-order valence-electron chi connectivity index (χ3n) is 6.37. The smallest absolute Gasteiger partial charge is 0.475 e. The number of carbonyl (C=O) groups excluding carboxylic acids is 3. The van der Waals surface area contributed by atoms with Gasteiger partial charge >= 0.3 is 18.1 Å². The number of rotatable bonds is 10. The van der Waals surface area contributed by atoms with E-state index in [-0.39, 0.29) is 23.4 Å². The maximum absolute atomic E-state index is 12.9. The van der Waals surface area contributed by atoms with Crippen molar-refractivity contribution < 1.29 is 46.6 Å². The van der Waals surface area contributed by atoms with Gasteiger partial charge in [0.25, 0.3) is 11.8 Å². The van der Waals surface area contributed by atoms with E-state index in [0.29, 0.717) is 28.3 Å². The number of methoxy groups -OCH3 is 1. The summed E-state index contributed by atoms with van der Waals surface area (Å²) in [6, 6.07) is 16.7. The zero-order valence-corrected chi connectivity index (χ0v) is 24.3. The lowest BCUT2D eigenvalue weighted by Crippen LogP contribution is -2.34. The molecule has 0 saturated heterocycles. The summed E-state index contributed by atoms with van der Waals surface area (Å²) in [6.45, 7) is 4.02. The van der Waals surface area contributed by atoms with E-state index in [1.807, 2.05) is 26.0 Å². The maximum Gasteiger partial charge on any atom is 0.490 e. The lowest BCUT2D eigenvalue weighted by Gasteiger charge is -2.16. The first-order valence-corrected chi connectivity index (χ1v) is 13.5. The van der Waals surface area contributed by atoms with Crippen LogP contribution in [0.25, 0.3) is 22.7 Å². The van der Waals surface area contributed by atoms with E-state index >= 15 is 0 Å². The third-order valence-corrected chi connectivity index (χ3v) is 6.37. The van der Waals surface area contributed by atoms with Crippen LogP contribution in [-0.2, 0) is 14.3 Å². The Morgan fingerprint density at radius 1 is 0.956 bits per heavy atom. The fourth-order valence-electron chi connectivity index (χ4n) is 3.91. The Morgan fingerprint density at radius 2 is 1.60 bits per heavy atom. The molecule has 4 aromatic rings. The van der Waals surface area contributed by atoms with Gasteiger partial charge in [-0.25, -0.2) is 14.6 Å². The first-order chi connectivity index (χ1) is 21.4. The molecule has 0 unspecified atom stereocenters. The molecule has 238 valence electrons. The summed E-state index contributed by atoms with van der Waals surface area (Å²) in [4.78, 5) is 50.8. The van der Waals surface area contributed by atoms with Crippen molar-refractivity contribution in [3.05, 3.63) is 83.9 Å². The van der Waals surface area contributed by atoms with Crippen LogP contribution in [0.4, 0.5) is 13.2 Å². The second-order valence-electron chi connectivity index (χ2n) is 9.41. The number of carboxylic acids is 1. The number of alkyl halides is 3. The van der Waals surface area contributed by atoms with Gasteiger partial charge in [-0.2, -0.15) is 18.3 Å². The minimum atomic E-state index is -5.08. The van der Waals surface area contributed by atoms with Crippen molar-refractivity contribution in [2.75, 3.05) is 7.11 Å². The summed E-state index contributed by atoms with van der Waals surface area (Å²) >= 11 is 0. The van der Waals surface area contributed by atoms with E-state index in [1.165, 1.54) is 13.3 Å². The number of oxazole rings is 1. The molecule has 2 aromatic heterocycles. The number of hydrogen-bond acceptors (Lipinski definition) is 8. The van der Waals surface area contributed by atoms with Crippen LogP contribution in [0.2, 0.25) is 0 Å². The standard InChI is InChI=1S/C28H29N5O5.C2HF3O2/c1-4-20(5-2)30-26(35)23-16-29-27(38-23)19-13-9-12-18(14-19)21-15-22(33-32-21)25(34)31-24(28(36)37-3)17-10-7-6-8-11-17;3-2(4,5)1(6)7/h6-16,20,24H,4-5H2,1-3H3,(H,30,35)(H,31,34)(H,32,33);(H,6,7)/t24-;/m1./s1. The molecule has 0 spiro atoms. The Morgan fingerprint density at radius 3 is 2.20 bits per heavy atom. The van der Waals surface area contributed by atoms with E-state index in [2.05, 4.69) is 25.8 Å². The van der Waals surface area contributed by atoms with Crippen LogP contribution >= 0.6 is 0 Å². The number of aromatic amines is 1. The number of ether oxygens (including phenoxy) is 1. The van der Waals surface area contributed by atoms with Crippen LogP contribution in [0.15, 0.2) is 71.3 Å². The Kier molecular flexibility index (Phi) is 11.6. The monoisotopic (exact) mass is 629 g/mol. The number of H-pyrrole nitrogens is 1. The summed E-state index contributed by atoms with van der Waals surface area (Å²) in [5.74, 6) is -3.74. The third kappa shape index (κ3) is 9.26. The lowest BCUT2D eigenvalue weighted by atomic mass is 10.1. The number of amides is 2. The van der Waals surface area contributed by atoms with Gasteiger partial charge in [0.05, 0.1) is 19.0 Å². The number of carboxylic acid groups (broad SMARTS) is 1. The van der Waals surface area contributed by atoms with Gasteiger partial charge in [0.15, 0.2) is 6.04 Å². The summed E-state index contributed by atoms with van der Waals surface area (Å²) < 4.78 is 42.3. The number of aliphatic carboxylic acids is 1. The Balaban J connectivity index is 0.000000707. The van der Waals surface area contributed by atoms with Crippen LogP contribution in [0.1, 0.15) is 59.3 Å². The zero-order chi connectivity index (χ0) is 33.1. The van der Waals surface area contributed by atoms with Crippen molar-refractivity contribution in [1.82, 2.24) is 25.8 Å². The summed E-state index contributed by atoms with van der Waals surface area (Å²) in [5, 5.41) is 19.7. The van der Waals surface area contributed by atoms with Crippen LogP contribution in [0, 0.1) is 0 Å². The molecule has 0 fully saturated rings. The summed E-state index contributed by atoms with van der Waals surface area (Å²) in [5.41, 5.74) is 2.62. The average molecular weight is 630 g/mol. The van der Waals surface area contributed by atoms with Crippen LogP contribution in [0.3, 0.4) is 0 Å². The van der Waals surface area contributed by atoms with Crippen LogP contribution < -0.4 is 10.6 Å². The first kappa shape index (κ1) is 34.0. The number of nitrogens with zero attached hydrogens (tertiary/aromatic N) is 2. The molecule has 0 radical (unpaired) electrons. The molecule has 0 saturated carbocycles. The van der Waals surface area contributed by atoms with Crippen molar-refractivity contribution >= 4 is 23.8 Å². The van der Waals surface area contributed by atoms with E-state index in [1.54, 1.807) is 48.5 Å². The molecule has 2 aromatic carbocycles. The largest absolute Gasteiger partial charge is 0.490 e. The molecule has 0 aliphatic rings. The molecule has 45 heavy (non-hydrogen) atoms. The predicted octanol–water partition coefficient (Wildman–Crippen LogP) is 4.93. The number of hydrogen-bond donors (Lipinski definition) is 4. The van der Waals surface area contributed by atoms with Gasteiger partial charge in [0.2, 0.25) is 11.7 Å². The molecular weight excluding hydrogens is 599 g/mol. The highest BCUT2D eigenvalue weighted by Gasteiger charge is 2.38. The minimum Gasteiger partial charge on any atom is -0.475 e. The fraction of sp³-hybridized carbons (Fsp3) is 0.267. The molecule has 0 bridgehead atoms. The van der Waals surface area contributed by atoms with Gasteiger partial charge in [0, 0.05) is 17.2 Å². The Bertz CT molecular complexity index is 1620. The normalized spacial score (nSPS) is 11.6. The topological polar surface area (TPSA) is 177 Å². The molecule has 2 amide bonds. The predicted molar refractivity (Wildman–Crippen MR) is 154 cm³/mol. The number of nitrogens with one attached hydrogen (secondary N) is 3. The van der Waals surface area contributed by atoms with Gasteiger partial charge < -0.3 is 24.9 Å². The molecule has 4 N–H and O–H groups in total. The Labute approximate surface area is 255 Å². The first-order valence-electron chi connectivity index (χ1n) is 13.5. The lowest BCUT2D eigenvalue weighted by molar-refractivity contribution is -0.192. The highest BCUT2D eigenvalue weighted by Crippen LogP contribution is 2.26. The van der Waals surface area contributed by atoms with Crippen molar-refractivity contribution in [1.29, 1.82) is 0 Å². The van der Waals surface area contributed by atoms with Crippen molar-refractivity contribution in [2.45, 2.75) is 44.9 Å². The van der Waals surface area contributed by atoms with Crippen LogP contribution in [0.5, 0.6) is 0 Å². The quantitative estimate of drug-likeness (QED) is 0.177. The highest BCUT2D eigenvalue weighted by atomic mass is 19.4. The Hall–Kier alpha value is -5.47. The molecule has 2 heterocycles. The molecular formula is C30H30F3N5O7. The molecule has 0 aliphatic carbocycles. The van der Waals surface area contributed by atoms with Gasteiger partial charge in [0.1, 0.15) is 5.69 Å². The van der Waals surface area contributed by atoms with Gasteiger partial charge in [-0.3, -0.25) is 14.7 Å². The number of carbonyl (C=O) groups is 4. The summed E-state index contributed by atoms with van der Waals surface area (Å²) in [7, 11) is 1.27. The fourth-order valence-corrected chi connectivity index (χ4v) is 3.91. The highest BCUT2D eigenvalue weighted by molar-refractivity contribution is 5.96. The number of aromatic nitrogens is 3. The minimum absolute atomic E-state index is 0.0704. The molecule has 12 nitrogen and oxygen atoms in total. The van der Waals surface area contributed by atoms with Gasteiger partial charge in [-0.05, 0) is 36.6 Å². The molecule has 0 aliphatic heterocycles. The number of esters is 1. The molecule has 15 heteroatoms. The SMILES string of the molecule is CCC(CC)NC(=O)c1cnc(-c2cccc(-c3cc(C(=O)N[C@@H](C(=O)OC)c4ccccc4)[nH]n3)c2)o1.O=C(O)C(F)(F)F. The average Bonchev–Trinajstić information content (AvgIpc) is 3.74. The summed E-state index contributed by atoms with van der Waals surface area (Å²) in [6.07, 6.45) is -2.03. The second kappa shape index (κ2) is 15.3. The van der Waals surface area contributed by atoms with Gasteiger partial charge in [-0.1, -0.05) is 56.3 Å². The van der Waals surface area contributed by atoms with Crippen molar-refractivity contribution in [3.8, 4) is 22.7 Å². The van der Waals surface area contributed by atoms with Crippen LogP contribution in [-0.4, -0.2) is 63.4 Å². The number of benzene rings is 2. The van der Waals surface area contributed by atoms with Crippen molar-refractivity contribution in [2.24, 2.45) is 0 Å². The van der Waals surface area contributed by atoms with E-state index < -0.39 is 30.1 Å². The van der Waals surface area contributed by atoms with E-state index in [4.69, 9.17) is 19.1 Å². The molecule has 4 rings (SSSR count). The van der Waals surface area contributed by atoms with Gasteiger partial charge in [-0.15, -0.1) is 0 Å². The van der Waals surface area contributed by atoms with Crippen molar-refractivity contribution in [3.63, 3.8) is 0 Å². The number of halogens is 3. The maximum atomic E-state index is 12.9. The second-order valence-corrected chi connectivity index (χ2v) is 9.41. The molecule has 1 atom stereocenters. The zero-order valence-electron chi connectivity index (χ0n) is 24.3. The van der Waals surface area contributed by atoms with E-state index in [9.17, 15) is 27.6 Å².